The van der Waals surface area contributed by atoms with Crippen LogP contribution in [0, 0.1) is 0 Å². The third kappa shape index (κ3) is 13.8. The van der Waals surface area contributed by atoms with Crippen molar-refractivity contribution in [1.29, 1.82) is 0 Å². The largest absolute Gasteiger partial charge is 0.468 e. The van der Waals surface area contributed by atoms with Crippen molar-refractivity contribution in [1.82, 2.24) is 0 Å². The number of esters is 1. The summed E-state index contributed by atoms with van der Waals surface area (Å²) in [5.41, 5.74) is 5.60. The maximum absolute atomic E-state index is 11.2. The van der Waals surface area contributed by atoms with Crippen LogP contribution in [-0.2, 0) is 9.53 Å². The van der Waals surface area contributed by atoms with E-state index >= 15 is 0 Å². The number of hydrogen-bond donors (Lipinski definition) is 2. The van der Waals surface area contributed by atoms with Crippen molar-refractivity contribution in [3.8, 4) is 0 Å². The average Bonchev–Trinajstić information content (AvgIpc) is 2.60. The number of nitrogens with two attached hydrogens (primary N) is 1. The van der Waals surface area contributed by atoms with E-state index in [0.717, 1.165) is 12.8 Å². The third-order valence-electron chi connectivity index (χ3n) is 4.74. The fraction of sp³-hybridized carbons (Fsp3) is 0.950. The number of rotatable bonds is 17. The van der Waals surface area contributed by atoms with E-state index in [1.165, 1.54) is 84.2 Å². The maximum Gasteiger partial charge on any atom is 0.325 e. The van der Waals surface area contributed by atoms with Crippen LogP contribution in [0.5, 0.6) is 0 Å². The molecule has 0 aliphatic rings. The number of carbonyl (C=O) groups is 1. The van der Waals surface area contributed by atoms with Gasteiger partial charge in [-0.2, -0.15) is 0 Å². The SMILES string of the molecule is CCCCCCCCCCCCCCCC[C@H](O)[C@@H](N)C(=O)OC. The van der Waals surface area contributed by atoms with E-state index in [9.17, 15) is 9.90 Å². The minimum atomic E-state index is -0.906. The predicted octanol–water partition coefficient (Wildman–Crippen LogP) is 4.72. The van der Waals surface area contributed by atoms with Crippen molar-refractivity contribution in [2.45, 2.75) is 115 Å². The third-order valence-corrected chi connectivity index (χ3v) is 4.74. The standard InChI is InChI=1S/C20H41NO3/c1-3-4-5-6-7-8-9-10-11-12-13-14-15-16-17-18(22)19(21)20(23)24-2/h18-19,22H,3-17,21H2,1-2H3/t18-,19+/m0/s1. The van der Waals surface area contributed by atoms with Crippen molar-refractivity contribution >= 4 is 5.97 Å². The lowest BCUT2D eigenvalue weighted by molar-refractivity contribution is -0.145. The van der Waals surface area contributed by atoms with Crippen LogP contribution in [0.3, 0.4) is 0 Å². The van der Waals surface area contributed by atoms with Gasteiger partial charge in [-0.25, -0.2) is 0 Å². The number of aliphatic hydroxyl groups is 1. The Labute approximate surface area is 149 Å². The van der Waals surface area contributed by atoms with Crippen molar-refractivity contribution in [3.63, 3.8) is 0 Å². The fourth-order valence-electron chi connectivity index (χ4n) is 3.02. The summed E-state index contributed by atoms with van der Waals surface area (Å²) in [6.45, 7) is 2.26. The van der Waals surface area contributed by atoms with E-state index in [4.69, 9.17) is 5.73 Å². The highest BCUT2D eigenvalue weighted by Gasteiger charge is 2.22. The van der Waals surface area contributed by atoms with E-state index in [2.05, 4.69) is 11.7 Å². The first-order valence-electron chi connectivity index (χ1n) is 10.1. The van der Waals surface area contributed by atoms with E-state index in [-0.39, 0.29) is 0 Å². The first-order valence-corrected chi connectivity index (χ1v) is 10.1. The zero-order valence-corrected chi connectivity index (χ0v) is 16.1. The Balaban J connectivity index is 3.24. The molecule has 4 nitrogen and oxygen atoms in total. The molecule has 0 aromatic rings. The number of carbonyl (C=O) groups excluding carboxylic acids is 1. The molecule has 0 unspecified atom stereocenters. The van der Waals surface area contributed by atoms with Gasteiger partial charge < -0.3 is 15.6 Å². The molecule has 0 aromatic carbocycles. The first kappa shape index (κ1) is 23.4. The highest BCUT2D eigenvalue weighted by Crippen LogP contribution is 2.14. The summed E-state index contributed by atoms with van der Waals surface area (Å²) in [4.78, 5) is 11.2. The topological polar surface area (TPSA) is 72.5 Å². The first-order chi connectivity index (χ1) is 11.6. The second-order valence-corrected chi connectivity index (χ2v) is 7.00. The van der Waals surface area contributed by atoms with Gasteiger partial charge in [-0.15, -0.1) is 0 Å². The van der Waals surface area contributed by atoms with Crippen LogP contribution in [0.15, 0.2) is 0 Å². The monoisotopic (exact) mass is 343 g/mol. The number of unbranched alkanes of at least 4 members (excludes halogenated alkanes) is 13. The molecule has 0 amide bonds. The number of methoxy groups -OCH3 is 1. The molecule has 4 heteroatoms. The van der Waals surface area contributed by atoms with Gasteiger partial charge in [-0.05, 0) is 6.42 Å². The van der Waals surface area contributed by atoms with Crippen LogP contribution < -0.4 is 5.73 Å². The summed E-state index contributed by atoms with van der Waals surface area (Å²) in [7, 11) is 1.29. The van der Waals surface area contributed by atoms with E-state index in [1.807, 2.05) is 0 Å². The molecule has 0 bridgehead atoms. The Morgan fingerprint density at radius 2 is 1.21 bits per heavy atom. The van der Waals surface area contributed by atoms with Crippen LogP contribution >= 0.6 is 0 Å². The van der Waals surface area contributed by atoms with Gasteiger partial charge in [0.15, 0.2) is 0 Å². The van der Waals surface area contributed by atoms with Crippen LogP contribution in [0.1, 0.15) is 103 Å². The summed E-state index contributed by atoms with van der Waals surface area (Å²) >= 11 is 0. The number of ether oxygens (including phenoxy) is 1. The highest BCUT2D eigenvalue weighted by atomic mass is 16.5. The van der Waals surface area contributed by atoms with Crippen molar-refractivity contribution in [2.24, 2.45) is 5.73 Å². The molecule has 24 heavy (non-hydrogen) atoms. The van der Waals surface area contributed by atoms with Gasteiger partial charge in [-0.1, -0.05) is 96.8 Å². The molecule has 0 saturated heterocycles. The average molecular weight is 344 g/mol. The van der Waals surface area contributed by atoms with Crippen LogP contribution in [0.4, 0.5) is 0 Å². The van der Waals surface area contributed by atoms with Gasteiger partial charge in [-0.3, -0.25) is 4.79 Å². The molecule has 0 spiro atoms. The van der Waals surface area contributed by atoms with Gasteiger partial charge in [0, 0.05) is 0 Å². The Morgan fingerprint density at radius 1 is 0.833 bits per heavy atom. The summed E-state index contributed by atoms with van der Waals surface area (Å²) in [6, 6.07) is -0.906. The summed E-state index contributed by atoms with van der Waals surface area (Å²) < 4.78 is 4.53. The summed E-state index contributed by atoms with van der Waals surface area (Å²) in [6.07, 6.45) is 18.1. The molecule has 3 N–H and O–H groups in total. The molecule has 0 fully saturated rings. The minimum absolute atomic E-state index is 0.534. The molecule has 0 aliphatic carbocycles. The maximum atomic E-state index is 11.2. The summed E-state index contributed by atoms with van der Waals surface area (Å²) in [5, 5.41) is 9.78. The van der Waals surface area contributed by atoms with Gasteiger partial charge in [0.05, 0.1) is 13.2 Å². The highest BCUT2D eigenvalue weighted by molar-refractivity contribution is 5.75. The molecule has 0 saturated carbocycles. The molecule has 0 aromatic heterocycles. The molecule has 2 atom stereocenters. The Bertz CT molecular complexity index is 284. The minimum Gasteiger partial charge on any atom is -0.468 e. The molecule has 0 radical (unpaired) electrons. The van der Waals surface area contributed by atoms with Crippen LogP contribution in [0.25, 0.3) is 0 Å². The second kappa shape index (κ2) is 17.2. The second-order valence-electron chi connectivity index (χ2n) is 7.00. The van der Waals surface area contributed by atoms with Crippen molar-refractivity contribution < 1.29 is 14.6 Å². The lowest BCUT2D eigenvalue weighted by Crippen LogP contribution is -2.42. The fourth-order valence-corrected chi connectivity index (χ4v) is 3.02. The van der Waals surface area contributed by atoms with E-state index < -0.39 is 18.1 Å². The number of aliphatic hydroxyl groups excluding tert-OH is 1. The predicted molar refractivity (Wildman–Crippen MR) is 101 cm³/mol. The van der Waals surface area contributed by atoms with Gasteiger partial charge in [0.1, 0.15) is 6.04 Å². The lowest BCUT2D eigenvalue weighted by Gasteiger charge is -2.16. The van der Waals surface area contributed by atoms with E-state index in [1.54, 1.807) is 0 Å². The zero-order chi connectivity index (χ0) is 18.0. The molecular formula is C20H41NO3. The van der Waals surface area contributed by atoms with Gasteiger partial charge in [0.2, 0.25) is 0 Å². The Morgan fingerprint density at radius 3 is 1.58 bits per heavy atom. The molecular weight excluding hydrogens is 302 g/mol. The van der Waals surface area contributed by atoms with Crippen molar-refractivity contribution in [3.05, 3.63) is 0 Å². The zero-order valence-electron chi connectivity index (χ0n) is 16.1. The Hall–Kier alpha value is -0.610. The molecule has 0 aliphatic heterocycles. The van der Waals surface area contributed by atoms with Crippen molar-refractivity contribution in [2.75, 3.05) is 7.11 Å². The Kier molecular flexibility index (Phi) is 16.8. The van der Waals surface area contributed by atoms with Gasteiger partial charge in [0.25, 0.3) is 0 Å². The van der Waals surface area contributed by atoms with Gasteiger partial charge >= 0.3 is 5.97 Å². The normalized spacial score (nSPS) is 13.7. The quantitative estimate of drug-likeness (QED) is 0.296. The molecule has 0 heterocycles. The van der Waals surface area contributed by atoms with Crippen LogP contribution in [0.2, 0.25) is 0 Å². The summed E-state index contributed by atoms with van der Waals surface area (Å²) in [5.74, 6) is -0.534. The lowest BCUT2D eigenvalue weighted by atomic mass is 10.0. The molecule has 144 valence electrons. The van der Waals surface area contributed by atoms with E-state index in [0.29, 0.717) is 6.42 Å². The smallest absolute Gasteiger partial charge is 0.325 e. The van der Waals surface area contributed by atoms with Crippen LogP contribution in [-0.4, -0.2) is 30.3 Å². The number of hydrogen-bond acceptors (Lipinski definition) is 4. The molecule has 0 rings (SSSR count).